The van der Waals surface area contributed by atoms with Crippen molar-refractivity contribution in [2.75, 3.05) is 0 Å². The fraction of sp³-hybridized carbons (Fsp3) is 0.541. The fourth-order valence-electron chi connectivity index (χ4n) is 18.9. The number of aliphatic hydroxyl groups excluding tert-OH is 5. The minimum Gasteiger partial charge on any atom is -0.389 e. The number of nitrogens with zero attached hydrogens (tertiary/aromatic N) is 2. The summed E-state index contributed by atoms with van der Waals surface area (Å²) in [6.07, 6.45) is 72.7. The Bertz CT molecular complexity index is 4940. The Balaban J connectivity index is 0.00000153. The highest BCUT2D eigenvalue weighted by molar-refractivity contribution is 5.88. The second-order valence-electron chi connectivity index (χ2n) is 43.4. The van der Waals surface area contributed by atoms with Crippen molar-refractivity contribution in [3.8, 4) is 12.1 Å². The maximum atomic E-state index is 11.0. The first-order valence-corrected chi connectivity index (χ1v) is 48.3. The Morgan fingerprint density at radius 3 is 1.03 bits per heavy atom. The summed E-state index contributed by atoms with van der Waals surface area (Å²) in [6, 6.07) is 3.98. The lowest BCUT2D eigenvalue weighted by Gasteiger charge is -2.38. The van der Waals surface area contributed by atoms with Crippen LogP contribution in [0.1, 0.15) is 333 Å². The summed E-state index contributed by atoms with van der Waals surface area (Å²) in [6.45, 7) is 66.6. The lowest BCUT2D eigenvalue weighted by atomic mass is 9.64. The molecule has 9 aliphatic rings. The van der Waals surface area contributed by atoms with E-state index >= 15 is 0 Å². The van der Waals surface area contributed by atoms with Crippen LogP contribution in [0.5, 0.6) is 0 Å². The third kappa shape index (κ3) is 42.1. The van der Waals surface area contributed by atoms with E-state index in [2.05, 4.69) is 186 Å². The number of nitriles is 2. The SMILES string of the molecule is C.C.CC(=O)/C=C/C1=C(C)C(O)CCC1(C)C.CC(=O)/C=C/C1C(C)(C)CCC2OC21C.CC(=O)/C=C/C1C(C)=CCCC1(C)C.CC1=C(/C=C/C(C)=C/C#N)C(C)(C)CCC1O.CC1=C(/C=C/C(C)=C/C=C/C#N)C(C)(C)CCC1O.CC1=C(/C=C/C(C)=C/C=C/C=O)C(C)(C)CC=C1.CC1=C(/C=C/C(C)=C/C=C/C=O)C(C)(C)CCC1O.CC1=C(/C=C/C(C)=C/C=O)C(C)(C)CCC1O. The molecule has 0 aromatic heterocycles. The quantitative estimate of drug-likeness (QED) is 0.0169. The molecule has 1 aliphatic heterocycles. The van der Waals surface area contributed by atoms with E-state index in [1.165, 1.54) is 82.6 Å². The van der Waals surface area contributed by atoms with Crippen LogP contribution in [0, 0.1) is 77.8 Å². The number of fused-ring (bicyclic) bond motifs is 1. The Kier molecular flexibility index (Phi) is 54.3. The van der Waals surface area contributed by atoms with Gasteiger partial charge in [0.15, 0.2) is 17.3 Å². The van der Waals surface area contributed by atoms with Gasteiger partial charge in [0.05, 0.1) is 54.4 Å². The molecule has 0 aromatic rings. The highest BCUT2D eigenvalue weighted by atomic mass is 16.6. The topological polar surface area (TPSA) is 264 Å². The second kappa shape index (κ2) is 58.4. The van der Waals surface area contributed by atoms with Crippen molar-refractivity contribution >= 4 is 36.2 Å². The van der Waals surface area contributed by atoms with Gasteiger partial charge in [-0.3, -0.25) is 28.8 Å². The van der Waals surface area contributed by atoms with Crippen LogP contribution in [0.15, 0.2) is 283 Å². The van der Waals surface area contributed by atoms with Gasteiger partial charge in [-0.15, -0.1) is 0 Å². The van der Waals surface area contributed by atoms with Gasteiger partial charge < -0.3 is 30.3 Å². The number of hydrogen-bond donors (Lipinski definition) is 5. The van der Waals surface area contributed by atoms with Crippen LogP contribution >= 0.6 is 0 Å². The number of carbonyl (C=O) groups excluding carboxylic acids is 6. The summed E-state index contributed by atoms with van der Waals surface area (Å²) in [5, 5.41) is 66.5. The van der Waals surface area contributed by atoms with Gasteiger partial charge in [-0.05, 0) is 365 Å². The van der Waals surface area contributed by atoms with Crippen LogP contribution in [0.25, 0.3) is 0 Å². The molecule has 750 valence electrons. The van der Waals surface area contributed by atoms with Crippen molar-refractivity contribution < 1.29 is 59.0 Å². The molecule has 0 aromatic carbocycles. The van der Waals surface area contributed by atoms with Crippen molar-refractivity contribution in [2.45, 2.75) is 375 Å². The van der Waals surface area contributed by atoms with Gasteiger partial charge in [-0.1, -0.05) is 282 Å². The highest BCUT2D eigenvalue weighted by Gasteiger charge is 2.63. The number of carbonyl (C=O) groups is 6. The zero-order valence-electron chi connectivity index (χ0n) is 88.3. The minimum atomic E-state index is -0.343. The smallest absolute Gasteiger partial charge is 0.152 e. The third-order valence-electron chi connectivity index (χ3n) is 28.1. The molecule has 14 heteroatoms. The largest absolute Gasteiger partial charge is 0.389 e. The first-order chi connectivity index (χ1) is 62.1. The average molecular weight is 1870 g/mol. The Hall–Kier alpha value is -9.48. The number of hydrogen-bond acceptors (Lipinski definition) is 14. The third-order valence-corrected chi connectivity index (χ3v) is 28.1. The van der Waals surface area contributed by atoms with Crippen LogP contribution in [-0.4, -0.2) is 104 Å². The Morgan fingerprint density at radius 2 is 0.706 bits per heavy atom. The van der Waals surface area contributed by atoms with E-state index in [9.17, 15) is 54.3 Å². The maximum absolute atomic E-state index is 11.0. The van der Waals surface area contributed by atoms with Crippen LogP contribution in [0.2, 0.25) is 0 Å². The van der Waals surface area contributed by atoms with Gasteiger partial charge >= 0.3 is 0 Å². The van der Waals surface area contributed by atoms with Gasteiger partial charge in [0.25, 0.3) is 0 Å². The predicted octanol–water partition coefficient (Wildman–Crippen LogP) is 29.2. The normalized spacial score (nSPS) is 26.1. The van der Waals surface area contributed by atoms with Crippen molar-refractivity contribution in [3.05, 3.63) is 283 Å². The molecular formula is C122H180N2O12. The molecule has 1 saturated heterocycles. The van der Waals surface area contributed by atoms with Crippen molar-refractivity contribution in [2.24, 2.45) is 55.2 Å². The number of epoxide rings is 1. The molecule has 8 aliphatic carbocycles. The summed E-state index contributed by atoms with van der Waals surface area (Å²) in [7, 11) is 0. The number of ether oxygens (including phenoxy) is 1. The number of allylic oxidation sites excluding steroid dienone is 42. The molecule has 9 atom stereocenters. The fourth-order valence-corrected chi connectivity index (χ4v) is 18.9. The summed E-state index contributed by atoms with van der Waals surface area (Å²) in [5.41, 5.74) is 21.7. The van der Waals surface area contributed by atoms with Crippen molar-refractivity contribution in [1.29, 1.82) is 10.5 Å². The first kappa shape index (κ1) is 127. The van der Waals surface area contributed by atoms with Gasteiger partial charge in [-0.2, -0.15) is 10.5 Å². The van der Waals surface area contributed by atoms with Gasteiger partial charge in [0.1, 0.15) is 18.9 Å². The molecule has 0 bridgehead atoms. The molecule has 1 saturated carbocycles. The second-order valence-corrected chi connectivity index (χ2v) is 43.4. The van der Waals surface area contributed by atoms with Crippen molar-refractivity contribution in [1.82, 2.24) is 0 Å². The molecule has 0 radical (unpaired) electrons. The van der Waals surface area contributed by atoms with Crippen molar-refractivity contribution in [3.63, 3.8) is 0 Å². The predicted molar refractivity (Wildman–Crippen MR) is 573 cm³/mol. The number of aliphatic hydroxyl groups is 5. The minimum absolute atomic E-state index is 0. The molecule has 1 heterocycles. The maximum Gasteiger partial charge on any atom is 0.152 e. The van der Waals surface area contributed by atoms with E-state index in [0.29, 0.717) is 23.4 Å². The molecule has 0 spiro atoms. The van der Waals surface area contributed by atoms with E-state index in [-0.39, 0.29) is 106 Å². The number of aldehydes is 3. The molecule has 5 N–H and O–H groups in total. The zero-order chi connectivity index (χ0) is 102. The van der Waals surface area contributed by atoms with Gasteiger partial charge in [-0.25, -0.2) is 0 Å². The molecular weight excluding hydrogens is 1690 g/mol. The van der Waals surface area contributed by atoms with E-state index in [1.807, 2.05) is 142 Å². The Morgan fingerprint density at radius 1 is 0.375 bits per heavy atom. The summed E-state index contributed by atoms with van der Waals surface area (Å²) in [5.74, 6) is 1.11. The average Bonchev–Trinajstić information content (AvgIpc) is 1.55. The monoisotopic (exact) mass is 1870 g/mol. The lowest BCUT2D eigenvalue weighted by Crippen LogP contribution is -2.39. The zero-order valence-corrected chi connectivity index (χ0v) is 88.3. The summed E-state index contributed by atoms with van der Waals surface area (Å²) in [4.78, 5) is 63.5. The number of rotatable bonds is 22. The van der Waals surface area contributed by atoms with Crippen LogP contribution < -0.4 is 0 Å². The molecule has 0 amide bonds. The van der Waals surface area contributed by atoms with Gasteiger partial charge in [0.2, 0.25) is 0 Å². The molecule has 9 rings (SSSR count). The summed E-state index contributed by atoms with van der Waals surface area (Å²) >= 11 is 0. The standard InChI is InChI=1S/C17H23NO.C17H24O2.C17H22O.C15H21NO.C15H22O2.2C13H20O2.C13H20O.2CH4/c2*1-13(7-5-6-12-18)8-9-15-14(2)16(19)10-11-17(15,3)4;1-14(8-5-6-13-18)10-11-16-15(2)9-7-12-17(16,3)4;2*1-11(8-10-16)5-6-13-12(2)14(17)7-9-15(13,3)4;1-9(14)5-6-10-12(2,3)8-7-11-13(10,4)15-11;1-9(14)5-6-11-10(2)12(15)7-8-13(11,3)4;1-10-6-5-9-13(3,4)12(10)8-7-11(2)14;;/h5-9,16,19H,10-11H2,1-4H3;5-9,12,16,19H,10-11H2,1-4H3;5-11,13H,12H2,1-4H3;5-6,8,14,17H,7,9H2,1-4H3;5-6,8,10,14,17H,7,9H2,1-4H3;5-6,10-11H,7-8H2,1-4H3;5-6,12,15H,7-8H2,1-4H3;6-8,12H,5,9H2,1-4H3;2*1H4/b2*6-5+,9-8+,13-7+;6-5+,11-10+,14-8+;2*6-5+,11-8+;2*6-5+;8-7+;;. The molecule has 2 fully saturated rings. The Labute approximate surface area is 825 Å². The van der Waals surface area contributed by atoms with E-state index < -0.39 is 0 Å². The van der Waals surface area contributed by atoms with E-state index in [4.69, 9.17) is 15.3 Å². The molecule has 9 unspecified atom stereocenters. The lowest BCUT2D eigenvalue weighted by molar-refractivity contribution is -0.113. The van der Waals surface area contributed by atoms with E-state index in [1.54, 1.807) is 63.3 Å². The molecule has 136 heavy (non-hydrogen) atoms. The van der Waals surface area contributed by atoms with Crippen LogP contribution in [0.3, 0.4) is 0 Å². The van der Waals surface area contributed by atoms with Crippen LogP contribution in [0.4, 0.5) is 0 Å². The van der Waals surface area contributed by atoms with Gasteiger partial charge in [0, 0.05) is 24.0 Å². The number of ketones is 3. The molecule has 14 nitrogen and oxygen atoms in total. The van der Waals surface area contributed by atoms with E-state index in [0.717, 1.165) is 157 Å². The highest BCUT2D eigenvalue weighted by Crippen LogP contribution is 2.59. The summed E-state index contributed by atoms with van der Waals surface area (Å²) < 4.78 is 5.78. The first-order valence-electron chi connectivity index (χ1n) is 48.3. The van der Waals surface area contributed by atoms with Crippen LogP contribution in [-0.2, 0) is 33.5 Å².